The zero-order valence-corrected chi connectivity index (χ0v) is 10.8. The van der Waals surface area contributed by atoms with Crippen LogP contribution >= 0.6 is 22.6 Å². The third kappa shape index (κ3) is 2.70. The van der Waals surface area contributed by atoms with Crippen LogP contribution < -0.4 is 5.32 Å². The highest BCUT2D eigenvalue weighted by atomic mass is 127. The molecule has 1 aliphatic heterocycles. The monoisotopic (exact) mass is 334 g/mol. The molecule has 5 heteroatoms. The van der Waals surface area contributed by atoms with Crippen molar-refractivity contribution in [2.45, 2.75) is 0 Å². The zero-order valence-electron chi connectivity index (χ0n) is 8.67. The van der Waals surface area contributed by atoms with Gasteiger partial charge < -0.3 is 10.2 Å². The molecule has 1 aliphatic rings. The van der Waals surface area contributed by atoms with Gasteiger partial charge in [-0.25, -0.2) is 4.39 Å². The van der Waals surface area contributed by atoms with Crippen LogP contribution in [0.4, 0.5) is 4.39 Å². The van der Waals surface area contributed by atoms with Gasteiger partial charge in [0.05, 0.1) is 0 Å². The van der Waals surface area contributed by atoms with E-state index in [9.17, 15) is 9.18 Å². The Kier molecular flexibility index (Phi) is 3.75. The predicted molar refractivity (Wildman–Crippen MR) is 67.9 cm³/mol. The lowest BCUT2D eigenvalue weighted by Gasteiger charge is -2.27. The molecule has 0 aromatic heterocycles. The molecule has 16 heavy (non-hydrogen) atoms. The second kappa shape index (κ2) is 5.09. The summed E-state index contributed by atoms with van der Waals surface area (Å²) in [6.45, 7) is 2.98. The van der Waals surface area contributed by atoms with Crippen molar-refractivity contribution in [3.8, 4) is 0 Å². The number of hydrogen-bond donors (Lipinski definition) is 1. The smallest absolute Gasteiger partial charge is 0.254 e. The molecule has 1 amide bonds. The number of nitrogens with one attached hydrogen (secondary N) is 1. The summed E-state index contributed by atoms with van der Waals surface area (Å²) in [6.07, 6.45) is 0. The standard InChI is InChI=1S/C11H12FIN2O/c12-9-5-8(6-10(13)7-9)11(16)15-3-1-14-2-4-15/h5-7,14H,1-4H2. The molecular weight excluding hydrogens is 322 g/mol. The van der Waals surface area contributed by atoms with E-state index in [1.165, 1.54) is 12.1 Å². The van der Waals surface area contributed by atoms with Gasteiger partial charge in [0, 0.05) is 35.3 Å². The molecule has 1 aromatic carbocycles. The highest BCUT2D eigenvalue weighted by Crippen LogP contribution is 2.13. The van der Waals surface area contributed by atoms with Gasteiger partial charge in [-0.2, -0.15) is 0 Å². The number of amides is 1. The van der Waals surface area contributed by atoms with Crippen molar-refractivity contribution in [2.75, 3.05) is 26.2 Å². The van der Waals surface area contributed by atoms with Crippen molar-refractivity contribution in [1.29, 1.82) is 0 Å². The summed E-state index contributed by atoms with van der Waals surface area (Å²) in [5.41, 5.74) is 0.436. The Morgan fingerprint density at radius 1 is 1.31 bits per heavy atom. The van der Waals surface area contributed by atoms with Crippen molar-refractivity contribution in [3.05, 3.63) is 33.1 Å². The Hall–Kier alpha value is -0.690. The van der Waals surface area contributed by atoms with E-state index < -0.39 is 0 Å². The first kappa shape index (κ1) is 11.8. The van der Waals surface area contributed by atoms with Gasteiger partial charge in [-0.1, -0.05) is 0 Å². The third-order valence-corrected chi connectivity index (χ3v) is 3.14. The Bertz CT molecular complexity index is 385. The second-order valence-electron chi connectivity index (χ2n) is 3.70. The Morgan fingerprint density at radius 3 is 2.62 bits per heavy atom. The number of piperazine rings is 1. The molecule has 0 spiro atoms. The molecule has 1 saturated heterocycles. The van der Waals surface area contributed by atoms with Crippen molar-refractivity contribution >= 4 is 28.5 Å². The minimum atomic E-state index is -0.356. The number of carbonyl (C=O) groups excluding carboxylic acids is 1. The fourth-order valence-corrected chi connectivity index (χ4v) is 2.36. The van der Waals surface area contributed by atoms with Crippen molar-refractivity contribution in [3.63, 3.8) is 0 Å². The van der Waals surface area contributed by atoms with Gasteiger partial charge in [-0.05, 0) is 40.8 Å². The van der Waals surface area contributed by atoms with Crippen LogP contribution in [-0.2, 0) is 0 Å². The van der Waals surface area contributed by atoms with E-state index in [1.54, 1.807) is 11.0 Å². The van der Waals surface area contributed by atoms with Gasteiger partial charge in [0.25, 0.3) is 5.91 Å². The van der Waals surface area contributed by atoms with E-state index in [1.807, 2.05) is 22.6 Å². The van der Waals surface area contributed by atoms with Crippen LogP contribution in [0.15, 0.2) is 18.2 Å². The summed E-state index contributed by atoms with van der Waals surface area (Å²) in [5, 5.41) is 3.17. The molecule has 86 valence electrons. The first-order valence-corrected chi connectivity index (χ1v) is 6.21. The van der Waals surface area contributed by atoms with Crippen LogP contribution in [-0.4, -0.2) is 37.0 Å². The lowest BCUT2D eigenvalue weighted by Crippen LogP contribution is -2.46. The van der Waals surface area contributed by atoms with Gasteiger partial charge in [-0.15, -0.1) is 0 Å². The average Bonchev–Trinajstić information content (AvgIpc) is 2.28. The molecule has 1 N–H and O–H groups in total. The molecule has 0 saturated carbocycles. The van der Waals surface area contributed by atoms with Gasteiger partial charge in [0.1, 0.15) is 5.82 Å². The molecule has 1 aromatic rings. The summed E-state index contributed by atoms with van der Waals surface area (Å²) in [5.74, 6) is -0.440. The molecule has 0 unspecified atom stereocenters. The van der Waals surface area contributed by atoms with Crippen molar-refractivity contribution in [2.24, 2.45) is 0 Å². The molecule has 2 rings (SSSR count). The number of rotatable bonds is 1. The molecule has 0 aliphatic carbocycles. The number of nitrogens with zero attached hydrogens (tertiary/aromatic N) is 1. The van der Waals surface area contributed by atoms with E-state index in [-0.39, 0.29) is 11.7 Å². The van der Waals surface area contributed by atoms with E-state index in [4.69, 9.17) is 0 Å². The number of benzene rings is 1. The highest BCUT2D eigenvalue weighted by Gasteiger charge is 2.18. The molecule has 1 fully saturated rings. The van der Waals surface area contributed by atoms with Crippen LogP contribution in [0.3, 0.4) is 0 Å². The summed E-state index contributed by atoms with van der Waals surface area (Å²) in [6, 6.07) is 4.43. The topological polar surface area (TPSA) is 32.3 Å². The van der Waals surface area contributed by atoms with Crippen molar-refractivity contribution < 1.29 is 9.18 Å². The average molecular weight is 334 g/mol. The maximum absolute atomic E-state index is 13.2. The number of carbonyl (C=O) groups is 1. The lowest BCUT2D eigenvalue weighted by atomic mass is 10.2. The molecule has 0 atom stereocenters. The Balaban J connectivity index is 2.19. The first-order valence-electron chi connectivity index (χ1n) is 5.13. The van der Waals surface area contributed by atoms with Gasteiger partial charge in [0.2, 0.25) is 0 Å². The Labute approximate surface area is 107 Å². The van der Waals surface area contributed by atoms with Gasteiger partial charge in [-0.3, -0.25) is 4.79 Å². The predicted octanol–water partition coefficient (Wildman–Crippen LogP) is 1.48. The number of halogens is 2. The molecule has 0 radical (unpaired) electrons. The molecule has 3 nitrogen and oxygen atoms in total. The van der Waals surface area contributed by atoms with Crippen LogP contribution in [0.1, 0.15) is 10.4 Å². The number of hydrogen-bond acceptors (Lipinski definition) is 2. The van der Waals surface area contributed by atoms with Crippen LogP contribution in [0, 0.1) is 9.39 Å². The van der Waals surface area contributed by atoms with Crippen LogP contribution in [0.25, 0.3) is 0 Å². The molecular formula is C11H12FIN2O. The van der Waals surface area contributed by atoms with Crippen LogP contribution in [0.5, 0.6) is 0 Å². The minimum absolute atomic E-state index is 0.0843. The van der Waals surface area contributed by atoms with E-state index >= 15 is 0 Å². The molecule has 0 bridgehead atoms. The van der Waals surface area contributed by atoms with Gasteiger partial charge in [0.15, 0.2) is 0 Å². The fraction of sp³-hybridized carbons (Fsp3) is 0.364. The van der Waals surface area contributed by atoms with Gasteiger partial charge >= 0.3 is 0 Å². The summed E-state index contributed by atoms with van der Waals surface area (Å²) >= 11 is 2.01. The zero-order chi connectivity index (χ0) is 11.5. The lowest BCUT2D eigenvalue weighted by molar-refractivity contribution is 0.0735. The van der Waals surface area contributed by atoms with E-state index in [0.29, 0.717) is 18.7 Å². The SMILES string of the molecule is O=C(c1cc(F)cc(I)c1)N1CCNCC1. The summed E-state index contributed by atoms with van der Waals surface area (Å²) in [7, 11) is 0. The van der Waals surface area contributed by atoms with Crippen LogP contribution in [0.2, 0.25) is 0 Å². The van der Waals surface area contributed by atoms with E-state index in [0.717, 1.165) is 16.7 Å². The largest absolute Gasteiger partial charge is 0.336 e. The first-order chi connectivity index (χ1) is 7.66. The molecule has 1 heterocycles. The Morgan fingerprint density at radius 2 is 2.00 bits per heavy atom. The minimum Gasteiger partial charge on any atom is -0.336 e. The summed E-state index contributed by atoms with van der Waals surface area (Å²) < 4.78 is 13.9. The normalized spacial score (nSPS) is 16.2. The third-order valence-electron chi connectivity index (χ3n) is 2.51. The highest BCUT2D eigenvalue weighted by molar-refractivity contribution is 14.1. The second-order valence-corrected chi connectivity index (χ2v) is 4.95. The maximum atomic E-state index is 13.2. The fourth-order valence-electron chi connectivity index (χ4n) is 1.73. The van der Waals surface area contributed by atoms with Crippen molar-refractivity contribution in [1.82, 2.24) is 10.2 Å². The van der Waals surface area contributed by atoms with E-state index in [2.05, 4.69) is 5.32 Å². The quantitative estimate of drug-likeness (QED) is 0.789. The maximum Gasteiger partial charge on any atom is 0.254 e. The summed E-state index contributed by atoms with van der Waals surface area (Å²) in [4.78, 5) is 13.8.